The quantitative estimate of drug-likeness (QED) is 0.807. The second-order valence-corrected chi connectivity index (χ2v) is 4.67. The number of aliphatic hydroxyl groups excluding tert-OH is 2. The molecule has 0 bridgehead atoms. The SMILES string of the molecule is OC(CCl)C(O)c1ccc(N2CCOCC2)cc1. The fraction of sp³-hybridized carbons (Fsp3) is 0.538. The fourth-order valence-corrected chi connectivity index (χ4v) is 2.18. The molecule has 5 heteroatoms. The highest BCUT2D eigenvalue weighted by atomic mass is 35.5. The van der Waals surface area contributed by atoms with Gasteiger partial charge in [-0.25, -0.2) is 0 Å². The summed E-state index contributed by atoms with van der Waals surface area (Å²) < 4.78 is 5.30. The minimum absolute atomic E-state index is 0.0202. The Hall–Kier alpha value is -0.810. The summed E-state index contributed by atoms with van der Waals surface area (Å²) in [6.45, 7) is 3.25. The van der Waals surface area contributed by atoms with Gasteiger partial charge in [0, 0.05) is 18.8 Å². The molecule has 4 nitrogen and oxygen atoms in total. The van der Waals surface area contributed by atoms with Crippen molar-refractivity contribution in [3.05, 3.63) is 29.8 Å². The number of rotatable bonds is 4. The fourth-order valence-electron chi connectivity index (χ4n) is 2.01. The van der Waals surface area contributed by atoms with Crippen LogP contribution in [-0.4, -0.2) is 48.5 Å². The predicted octanol–water partition coefficient (Wildman–Crippen LogP) is 1.16. The number of anilines is 1. The molecule has 2 atom stereocenters. The van der Waals surface area contributed by atoms with E-state index in [2.05, 4.69) is 4.90 Å². The average Bonchev–Trinajstić information content (AvgIpc) is 2.47. The maximum atomic E-state index is 9.82. The van der Waals surface area contributed by atoms with Gasteiger partial charge in [0.2, 0.25) is 0 Å². The van der Waals surface area contributed by atoms with Gasteiger partial charge in [0.1, 0.15) is 6.10 Å². The van der Waals surface area contributed by atoms with Gasteiger partial charge in [-0.05, 0) is 17.7 Å². The Bertz CT molecular complexity index is 344. The van der Waals surface area contributed by atoms with E-state index in [-0.39, 0.29) is 5.88 Å². The molecule has 1 aromatic carbocycles. The standard InChI is InChI=1S/C13H18ClNO3/c14-9-12(16)13(17)10-1-3-11(4-2-10)15-5-7-18-8-6-15/h1-4,12-13,16-17H,5-9H2. The van der Waals surface area contributed by atoms with Crippen molar-refractivity contribution < 1.29 is 14.9 Å². The van der Waals surface area contributed by atoms with Gasteiger partial charge in [0.15, 0.2) is 0 Å². The predicted molar refractivity (Wildman–Crippen MR) is 71.2 cm³/mol. The van der Waals surface area contributed by atoms with Crippen LogP contribution in [0, 0.1) is 0 Å². The maximum absolute atomic E-state index is 9.82. The summed E-state index contributed by atoms with van der Waals surface area (Å²) >= 11 is 5.52. The van der Waals surface area contributed by atoms with E-state index in [9.17, 15) is 10.2 Å². The molecule has 2 N–H and O–H groups in total. The lowest BCUT2D eigenvalue weighted by Gasteiger charge is -2.29. The number of hydrogen-bond donors (Lipinski definition) is 2. The van der Waals surface area contributed by atoms with Gasteiger partial charge in [0.25, 0.3) is 0 Å². The van der Waals surface area contributed by atoms with Crippen molar-refractivity contribution in [1.29, 1.82) is 0 Å². The molecule has 1 heterocycles. The number of benzene rings is 1. The number of aliphatic hydroxyl groups is 2. The molecule has 0 spiro atoms. The van der Waals surface area contributed by atoms with Crippen LogP contribution in [0.25, 0.3) is 0 Å². The maximum Gasteiger partial charge on any atom is 0.106 e. The van der Waals surface area contributed by atoms with Gasteiger partial charge >= 0.3 is 0 Å². The zero-order valence-corrected chi connectivity index (χ0v) is 10.9. The molecule has 0 aliphatic carbocycles. The second kappa shape index (κ2) is 6.38. The van der Waals surface area contributed by atoms with Gasteiger partial charge in [0.05, 0.1) is 25.2 Å². The summed E-state index contributed by atoms with van der Waals surface area (Å²) in [6.07, 6.45) is -1.86. The van der Waals surface area contributed by atoms with E-state index in [1.165, 1.54) is 0 Å². The van der Waals surface area contributed by atoms with Crippen LogP contribution < -0.4 is 4.90 Å². The van der Waals surface area contributed by atoms with Crippen molar-refractivity contribution in [2.75, 3.05) is 37.1 Å². The van der Waals surface area contributed by atoms with E-state index in [1.54, 1.807) is 0 Å². The average molecular weight is 272 g/mol. The molecule has 2 unspecified atom stereocenters. The molecule has 0 amide bonds. The summed E-state index contributed by atoms with van der Waals surface area (Å²) in [7, 11) is 0. The van der Waals surface area contributed by atoms with Gasteiger partial charge in [-0.1, -0.05) is 12.1 Å². The summed E-state index contributed by atoms with van der Waals surface area (Å²) in [6, 6.07) is 7.55. The van der Waals surface area contributed by atoms with Crippen molar-refractivity contribution in [1.82, 2.24) is 0 Å². The van der Waals surface area contributed by atoms with E-state index in [4.69, 9.17) is 16.3 Å². The number of halogens is 1. The number of morpholine rings is 1. The topological polar surface area (TPSA) is 52.9 Å². The van der Waals surface area contributed by atoms with Crippen molar-refractivity contribution in [3.63, 3.8) is 0 Å². The third kappa shape index (κ3) is 3.14. The zero-order chi connectivity index (χ0) is 13.0. The Labute approximate surface area is 112 Å². The van der Waals surface area contributed by atoms with Gasteiger partial charge in [-0.2, -0.15) is 0 Å². The number of hydrogen-bond acceptors (Lipinski definition) is 4. The van der Waals surface area contributed by atoms with Crippen LogP contribution in [0.2, 0.25) is 0 Å². The minimum Gasteiger partial charge on any atom is -0.389 e. The lowest BCUT2D eigenvalue weighted by atomic mass is 10.0. The van der Waals surface area contributed by atoms with Crippen LogP contribution in [0.1, 0.15) is 11.7 Å². The lowest BCUT2D eigenvalue weighted by molar-refractivity contribution is 0.0327. The van der Waals surface area contributed by atoms with E-state index >= 15 is 0 Å². The molecule has 1 aliphatic heterocycles. The smallest absolute Gasteiger partial charge is 0.106 e. The van der Waals surface area contributed by atoms with Crippen LogP contribution in [-0.2, 0) is 4.74 Å². The summed E-state index contributed by atoms with van der Waals surface area (Å²) in [5.41, 5.74) is 1.79. The van der Waals surface area contributed by atoms with E-state index in [0.29, 0.717) is 5.56 Å². The summed E-state index contributed by atoms with van der Waals surface area (Å²) in [5, 5.41) is 19.3. The summed E-state index contributed by atoms with van der Waals surface area (Å²) in [5.74, 6) is 0.0202. The lowest BCUT2D eigenvalue weighted by Crippen LogP contribution is -2.36. The van der Waals surface area contributed by atoms with Crippen LogP contribution in [0.3, 0.4) is 0 Å². The first kappa shape index (κ1) is 13.6. The Morgan fingerprint density at radius 2 is 1.78 bits per heavy atom. The largest absolute Gasteiger partial charge is 0.389 e. The van der Waals surface area contributed by atoms with Crippen LogP contribution >= 0.6 is 11.6 Å². The molecule has 100 valence electrons. The van der Waals surface area contributed by atoms with Crippen LogP contribution in [0.4, 0.5) is 5.69 Å². The van der Waals surface area contributed by atoms with Gasteiger partial charge < -0.3 is 19.8 Å². The molecule has 0 radical (unpaired) electrons. The van der Waals surface area contributed by atoms with E-state index in [0.717, 1.165) is 32.0 Å². The number of ether oxygens (including phenoxy) is 1. The monoisotopic (exact) mass is 271 g/mol. The molecule has 1 aromatic rings. The first-order valence-corrected chi connectivity index (χ1v) is 6.60. The normalized spacial score (nSPS) is 19.6. The minimum atomic E-state index is -0.930. The molecule has 1 aliphatic rings. The summed E-state index contributed by atoms with van der Waals surface area (Å²) in [4.78, 5) is 2.23. The van der Waals surface area contributed by atoms with Crippen molar-refractivity contribution >= 4 is 17.3 Å². The highest BCUT2D eigenvalue weighted by Crippen LogP contribution is 2.22. The third-order valence-corrected chi connectivity index (χ3v) is 3.45. The zero-order valence-electron chi connectivity index (χ0n) is 10.1. The first-order chi connectivity index (χ1) is 8.72. The van der Waals surface area contributed by atoms with E-state index < -0.39 is 12.2 Å². The highest BCUT2D eigenvalue weighted by molar-refractivity contribution is 6.18. The Balaban J connectivity index is 2.04. The van der Waals surface area contributed by atoms with Crippen molar-refractivity contribution in [2.45, 2.75) is 12.2 Å². The van der Waals surface area contributed by atoms with E-state index in [1.807, 2.05) is 24.3 Å². The number of nitrogens with zero attached hydrogens (tertiary/aromatic N) is 1. The van der Waals surface area contributed by atoms with Crippen LogP contribution in [0.15, 0.2) is 24.3 Å². The molecule has 0 saturated carbocycles. The molecule has 1 fully saturated rings. The number of alkyl halides is 1. The third-order valence-electron chi connectivity index (χ3n) is 3.13. The van der Waals surface area contributed by atoms with Crippen LogP contribution in [0.5, 0.6) is 0 Å². The van der Waals surface area contributed by atoms with Crippen molar-refractivity contribution in [3.8, 4) is 0 Å². The molecule has 0 aromatic heterocycles. The molecule has 2 rings (SSSR count). The Morgan fingerprint density at radius 3 is 2.33 bits per heavy atom. The molecular formula is C13H18ClNO3. The van der Waals surface area contributed by atoms with Gasteiger partial charge in [-0.3, -0.25) is 0 Å². The van der Waals surface area contributed by atoms with Gasteiger partial charge in [-0.15, -0.1) is 11.6 Å². The molecule has 1 saturated heterocycles. The Kier molecular flexibility index (Phi) is 4.83. The molecule has 18 heavy (non-hydrogen) atoms. The Morgan fingerprint density at radius 1 is 1.17 bits per heavy atom. The van der Waals surface area contributed by atoms with Crippen molar-refractivity contribution in [2.24, 2.45) is 0 Å². The first-order valence-electron chi connectivity index (χ1n) is 6.07. The molecular weight excluding hydrogens is 254 g/mol. The second-order valence-electron chi connectivity index (χ2n) is 4.36. The highest BCUT2D eigenvalue weighted by Gasteiger charge is 2.18.